The van der Waals surface area contributed by atoms with Crippen molar-refractivity contribution in [1.29, 1.82) is 0 Å². The maximum atomic E-state index is 6.37. The molecule has 1 unspecified atom stereocenters. The topological polar surface area (TPSA) is 39.2 Å². The number of benzene rings is 1. The fourth-order valence-corrected chi connectivity index (χ4v) is 2.36. The fourth-order valence-electron chi connectivity index (χ4n) is 2.36. The van der Waals surface area contributed by atoms with Gasteiger partial charge in [0.05, 0.1) is 6.04 Å². The zero-order chi connectivity index (χ0) is 12.6. The lowest BCUT2D eigenvalue weighted by molar-refractivity contribution is 0.498. The summed E-state index contributed by atoms with van der Waals surface area (Å²) in [6, 6.07) is 8.13. The van der Waals surface area contributed by atoms with Gasteiger partial charge in [-0.25, -0.2) is 0 Å². The summed E-state index contributed by atoms with van der Waals surface area (Å²) >= 11 is 0. The predicted molar refractivity (Wildman–Crippen MR) is 70.1 cm³/mol. The summed E-state index contributed by atoms with van der Waals surface area (Å²) in [5.41, 5.74) is 11.0. The van der Waals surface area contributed by atoms with Crippen molar-refractivity contribution < 1.29 is 4.42 Å². The van der Waals surface area contributed by atoms with E-state index in [2.05, 4.69) is 26.0 Å². The Hall–Kier alpha value is -1.54. The highest BCUT2D eigenvalue weighted by molar-refractivity contribution is 5.42. The van der Waals surface area contributed by atoms with Crippen LogP contribution >= 0.6 is 0 Å². The van der Waals surface area contributed by atoms with Crippen LogP contribution in [0.25, 0.3) is 0 Å². The summed E-state index contributed by atoms with van der Waals surface area (Å²) in [6.07, 6.45) is 0. The molecule has 90 valence electrons. The van der Waals surface area contributed by atoms with E-state index in [4.69, 9.17) is 10.2 Å². The number of hydrogen-bond donors (Lipinski definition) is 1. The first-order valence-electron chi connectivity index (χ1n) is 5.90. The van der Waals surface area contributed by atoms with Gasteiger partial charge < -0.3 is 10.2 Å². The van der Waals surface area contributed by atoms with Crippen LogP contribution in [0.2, 0.25) is 0 Å². The molecule has 0 saturated heterocycles. The Morgan fingerprint density at radius 2 is 1.65 bits per heavy atom. The van der Waals surface area contributed by atoms with Gasteiger partial charge in [0, 0.05) is 5.56 Å². The molecule has 0 amide bonds. The second-order valence-corrected chi connectivity index (χ2v) is 4.59. The molecule has 0 spiro atoms. The zero-order valence-corrected chi connectivity index (χ0v) is 10.9. The summed E-state index contributed by atoms with van der Waals surface area (Å²) in [5, 5.41) is 0. The Balaban J connectivity index is 2.51. The van der Waals surface area contributed by atoms with Gasteiger partial charge in [-0.05, 0) is 44.4 Å². The second-order valence-electron chi connectivity index (χ2n) is 4.59. The third-order valence-electron chi connectivity index (χ3n) is 3.45. The Morgan fingerprint density at radius 3 is 2.18 bits per heavy atom. The SMILES string of the molecule is Cc1ccccc1C(N)c1c(C)oc(C)c1C. The Labute approximate surface area is 102 Å². The number of rotatable bonds is 2. The Bertz CT molecular complexity index is 540. The average Bonchev–Trinajstić information content (AvgIpc) is 2.53. The molecule has 1 heterocycles. The van der Waals surface area contributed by atoms with Crippen molar-refractivity contribution in [2.45, 2.75) is 33.7 Å². The van der Waals surface area contributed by atoms with Gasteiger partial charge in [-0.3, -0.25) is 0 Å². The fraction of sp³-hybridized carbons (Fsp3) is 0.333. The Kier molecular flexibility index (Phi) is 3.07. The molecule has 17 heavy (non-hydrogen) atoms. The standard InChI is InChI=1S/C15H19NO/c1-9-7-5-6-8-13(9)15(16)14-10(2)11(3)17-12(14)4/h5-8,15H,16H2,1-4H3. The molecular weight excluding hydrogens is 210 g/mol. The third kappa shape index (κ3) is 2.01. The van der Waals surface area contributed by atoms with Crippen molar-refractivity contribution in [3.63, 3.8) is 0 Å². The number of furan rings is 1. The van der Waals surface area contributed by atoms with E-state index in [1.54, 1.807) is 0 Å². The minimum absolute atomic E-state index is 0.103. The maximum Gasteiger partial charge on any atom is 0.106 e. The van der Waals surface area contributed by atoms with E-state index in [9.17, 15) is 0 Å². The van der Waals surface area contributed by atoms with E-state index in [0.717, 1.165) is 17.1 Å². The average molecular weight is 229 g/mol. The number of hydrogen-bond acceptors (Lipinski definition) is 2. The molecule has 0 saturated carbocycles. The van der Waals surface area contributed by atoms with Crippen LogP contribution in [0.4, 0.5) is 0 Å². The molecule has 2 heteroatoms. The molecule has 1 atom stereocenters. The van der Waals surface area contributed by atoms with E-state index in [1.165, 1.54) is 16.7 Å². The van der Waals surface area contributed by atoms with Crippen LogP contribution in [0.3, 0.4) is 0 Å². The first kappa shape index (κ1) is 11.9. The van der Waals surface area contributed by atoms with Crippen molar-refractivity contribution in [1.82, 2.24) is 0 Å². The molecule has 1 aromatic heterocycles. The van der Waals surface area contributed by atoms with Gasteiger partial charge in [0.25, 0.3) is 0 Å². The maximum absolute atomic E-state index is 6.37. The molecule has 2 nitrogen and oxygen atoms in total. The monoisotopic (exact) mass is 229 g/mol. The van der Waals surface area contributed by atoms with Crippen LogP contribution in [0.5, 0.6) is 0 Å². The van der Waals surface area contributed by atoms with Crippen molar-refractivity contribution in [3.05, 3.63) is 58.0 Å². The van der Waals surface area contributed by atoms with Crippen LogP contribution in [0, 0.1) is 27.7 Å². The summed E-state index contributed by atoms with van der Waals surface area (Å²) < 4.78 is 5.65. The lowest BCUT2D eigenvalue weighted by Gasteiger charge is -2.15. The summed E-state index contributed by atoms with van der Waals surface area (Å²) in [5.74, 6) is 1.89. The van der Waals surface area contributed by atoms with Crippen LogP contribution < -0.4 is 5.73 Å². The van der Waals surface area contributed by atoms with Crippen LogP contribution in [-0.2, 0) is 0 Å². The largest absolute Gasteiger partial charge is 0.466 e. The second kappa shape index (κ2) is 4.38. The van der Waals surface area contributed by atoms with Gasteiger partial charge in [-0.1, -0.05) is 24.3 Å². The normalized spacial score (nSPS) is 12.8. The van der Waals surface area contributed by atoms with E-state index in [-0.39, 0.29) is 6.04 Å². The van der Waals surface area contributed by atoms with E-state index in [1.807, 2.05) is 26.0 Å². The molecule has 0 bridgehead atoms. The highest BCUT2D eigenvalue weighted by Crippen LogP contribution is 2.30. The summed E-state index contributed by atoms with van der Waals surface area (Å²) in [4.78, 5) is 0. The van der Waals surface area contributed by atoms with Gasteiger partial charge in [-0.15, -0.1) is 0 Å². The molecule has 0 aliphatic carbocycles. The first-order chi connectivity index (χ1) is 8.02. The van der Waals surface area contributed by atoms with Crippen LogP contribution in [0.1, 0.15) is 39.8 Å². The number of aryl methyl sites for hydroxylation is 3. The van der Waals surface area contributed by atoms with Gasteiger partial charge in [0.2, 0.25) is 0 Å². The smallest absolute Gasteiger partial charge is 0.106 e. The minimum Gasteiger partial charge on any atom is -0.466 e. The molecule has 0 radical (unpaired) electrons. The van der Waals surface area contributed by atoms with E-state index < -0.39 is 0 Å². The predicted octanol–water partition coefficient (Wildman–Crippen LogP) is 3.56. The van der Waals surface area contributed by atoms with Crippen molar-refractivity contribution >= 4 is 0 Å². The van der Waals surface area contributed by atoms with E-state index >= 15 is 0 Å². The third-order valence-corrected chi connectivity index (χ3v) is 3.45. The molecule has 2 N–H and O–H groups in total. The summed E-state index contributed by atoms with van der Waals surface area (Å²) in [6.45, 7) is 8.12. The molecule has 0 aliphatic heterocycles. The van der Waals surface area contributed by atoms with Crippen LogP contribution in [0.15, 0.2) is 28.7 Å². The highest BCUT2D eigenvalue weighted by Gasteiger charge is 2.20. The molecule has 1 aromatic carbocycles. The number of nitrogens with two attached hydrogens (primary N) is 1. The minimum atomic E-state index is -0.103. The molecule has 2 rings (SSSR count). The van der Waals surface area contributed by atoms with Crippen molar-refractivity contribution in [3.8, 4) is 0 Å². The first-order valence-corrected chi connectivity index (χ1v) is 5.90. The molecule has 0 aliphatic rings. The zero-order valence-electron chi connectivity index (χ0n) is 10.9. The molecular formula is C15H19NO. The van der Waals surface area contributed by atoms with Gasteiger partial charge in [-0.2, -0.15) is 0 Å². The quantitative estimate of drug-likeness (QED) is 0.855. The van der Waals surface area contributed by atoms with Crippen molar-refractivity contribution in [2.75, 3.05) is 0 Å². The van der Waals surface area contributed by atoms with Gasteiger partial charge in [0.15, 0.2) is 0 Å². The lowest BCUT2D eigenvalue weighted by atomic mass is 9.93. The highest BCUT2D eigenvalue weighted by atomic mass is 16.3. The van der Waals surface area contributed by atoms with E-state index in [0.29, 0.717) is 0 Å². The summed E-state index contributed by atoms with van der Waals surface area (Å²) in [7, 11) is 0. The van der Waals surface area contributed by atoms with Crippen LogP contribution in [-0.4, -0.2) is 0 Å². The lowest BCUT2D eigenvalue weighted by Crippen LogP contribution is -2.14. The van der Waals surface area contributed by atoms with Gasteiger partial charge >= 0.3 is 0 Å². The molecule has 2 aromatic rings. The Morgan fingerprint density at radius 1 is 1.00 bits per heavy atom. The van der Waals surface area contributed by atoms with Gasteiger partial charge in [0.1, 0.15) is 11.5 Å². The van der Waals surface area contributed by atoms with Crippen molar-refractivity contribution in [2.24, 2.45) is 5.73 Å². The molecule has 0 fully saturated rings.